The first-order valence-corrected chi connectivity index (χ1v) is 8.24. The maximum atomic E-state index is 13.7. The molecule has 0 radical (unpaired) electrons. The van der Waals surface area contributed by atoms with E-state index in [0.29, 0.717) is 25.8 Å². The Balaban J connectivity index is 1.78. The van der Waals surface area contributed by atoms with Crippen molar-refractivity contribution in [3.8, 4) is 0 Å². The topological polar surface area (TPSA) is 79.4 Å². The minimum atomic E-state index is -3.91. The summed E-state index contributed by atoms with van der Waals surface area (Å²) in [6.07, 6.45) is 2.90. The van der Waals surface area contributed by atoms with Crippen LogP contribution in [0.25, 0.3) is 0 Å². The van der Waals surface area contributed by atoms with Gasteiger partial charge in [0.05, 0.1) is 0 Å². The Labute approximate surface area is 122 Å². The van der Waals surface area contributed by atoms with Gasteiger partial charge in [-0.05, 0) is 30.4 Å². The van der Waals surface area contributed by atoms with Crippen LogP contribution in [0.2, 0.25) is 0 Å². The lowest BCUT2D eigenvalue weighted by Gasteiger charge is -2.37. The fraction of sp³-hybridized carbons (Fsp3) is 0.538. The molecule has 1 amide bonds. The molecule has 0 atom stereocenters. The molecule has 8 heteroatoms. The van der Waals surface area contributed by atoms with Crippen molar-refractivity contribution < 1.29 is 17.6 Å². The van der Waals surface area contributed by atoms with Gasteiger partial charge in [-0.2, -0.15) is 4.31 Å². The van der Waals surface area contributed by atoms with Gasteiger partial charge in [-0.3, -0.25) is 4.79 Å². The van der Waals surface area contributed by atoms with Crippen LogP contribution in [0.1, 0.15) is 19.3 Å². The average Bonchev–Trinajstić information content (AvgIpc) is 2.80. The number of pyridine rings is 1. The number of rotatable bonds is 2. The molecule has 0 aliphatic carbocycles. The van der Waals surface area contributed by atoms with Gasteiger partial charge in [0.15, 0.2) is 5.82 Å². The van der Waals surface area contributed by atoms with E-state index in [1.165, 1.54) is 16.6 Å². The number of nitrogens with one attached hydrogen (secondary N) is 1. The predicted molar refractivity (Wildman–Crippen MR) is 72.2 cm³/mol. The molecule has 0 aromatic carbocycles. The van der Waals surface area contributed by atoms with Crippen LogP contribution in [-0.2, 0) is 14.8 Å². The molecule has 114 valence electrons. The van der Waals surface area contributed by atoms with Crippen molar-refractivity contribution in [2.45, 2.75) is 24.3 Å². The molecular weight excluding hydrogens is 297 g/mol. The summed E-state index contributed by atoms with van der Waals surface area (Å²) < 4.78 is 39.8. The maximum absolute atomic E-state index is 13.7. The molecule has 1 aromatic heterocycles. The molecule has 3 heterocycles. The van der Waals surface area contributed by atoms with Gasteiger partial charge in [0.25, 0.3) is 10.0 Å². The second kappa shape index (κ2) is 5.03. The highest BCUT2D eigenvalue weighted by Gasteiger charge is 2.43. The molecule has 2 fully saturated rings. The molecule has 2 aliphatic rings. The van der Waals surface area contributed by atoms with Crippen LogP contribution in [0.15, 0.2) is 23.4 Å². The van der Waals surface area contributed by atoms with Crippen LogP contribution in [0.5, 0.6) is 0 Å². The van der Waals surface area contributed by atoms with Gasteiger partial charge < -0.3 is 5.32 Å². The van der Waals surface area contributed by atoms with Crippen LogP contribution in [0.3, 0.4) is 0 Å². The molecule has 1 N–H and O–H groups in total. The Hall–Kier alpha value is -1.54. The molecule has 21 heavy (non-hydrogen) atoms. The SMILES string of the molecule is O=C1CC2(CCN(S(=O)(=O)c3ncccc3F)CC2)CN1. The molecule has 0 unspecified atom stereocenters. The fourth-order valence-corrected chi connectivity index (χ4v) is 4.41. The standard InChI is InChI=1S/C13H16FN3O3S/c14-10-2-1-5-15-12(10)21(19,20)17-6-3-13(4-7-17)8-11(18)16-9-13/h1-2,5H,3-4,6-9H2,(H,16,18). The van der Waals surface area contributed by atoms with E-state index in [-0.39, 0.29) is 24.4 Å². The zero-order chi connectivity index (χ0) is 15.1. The third kappa shape index (κ3) is 2.53. The van der Waals surface area contributed by atoms with Gasteiger partial charge in [-0.15, -0.1) is 0 Å². The molecule has 0 saturated carbocycles. The van der Waals surface area contributed by atoms with Crippen LogP contribution < -0.4 is 5.32 Å². The summed E-state index contributed by atoms with van der Waals surface area (Å²) in [5.74, 6) is -0.822. The van der Waals surface area contributed by atoms with Gasteiger partial charge in [0, 0.05) is 32.3 Å². The number of hydrogen-bond acceptors (Lipinski definition) is 4. The zero-order valence-electron chi connectivity index (χ0n) is 11.4. The largest absolute Gasteiger partial charge is 0.356 e. The highest BCUT2D eigenvalue weighted by Crippen LogP contribution is 2.38. The van der Waals surface area contributed by atoms with Crippen molar-refractivity contribution in [1.82, 2.24) is 14.6 Å². The lowest BCUT2D eigenvalue weighted by atomic mass is 9.78. The number of nitrogens with zero attached hydrogens (tertiary/aromatic N) is 2. The van der Waals surface area contributed by atoms with E-state index < -0.39 is 20.9 Å². The number of sulfonamides is 1. The Morgan fingerprint density at radius 2 is 2.05 bits per heavy atom. The monoisotopic (exact) mass is 313 g/mol. The minimum Gasteiger partial charge on any atom is -0.356 e. The van der Waals surface area contributed by atoms with Gasteiger partial charge in [0.1, 0.15) is 0 Å². The first-order chi connectivity index (χ1) is 9.93. The van der Waals surface area contributed by atoms with Gasteiger partial charge in [-0.25, -0.2) is 17.8 Å². The number of piperidine rings is 1. The van der Waals surface area contributed by atoms with Crippen molar-refractivity contribution in [3.05, 3.63) is 24.1 Å². The molecule has 2 aliphatic heterocycles. The fourth-order valence-electron chi connectivity index (χ4n) is 2.99. The number of halogens is 1. The van der Waals surface area contributed by atoms with Crippen LogP contribution in [-0.4, -0.2) is 43.2 Å². The van der Waals surface area contributed by atoms with E-state index in [2.05, 4.69) is 10.3 Å². The van der Waals surface area contributed by atoms with E-state index in [9.17, 15) is 17.6 Å². The van der Waals surface area contributed by atoms with E-state index in [1.807, 2.05) is 0 Å². The highest BCUT2D eigenvalue weighted by atomic mass is 32.2. The van der Waals surface area contributed by atoms with Crippen molar-refractivity contribution in [3.63, 3.8) is 0 Å². The summed E-state index contributed by atoms with van der Waals surface area (Å²) in [6.45, 7) is 1.16. The van der Waals surface area contributed by atoms with Gasteiger partial charge >= 0.3 is 0 Å². The quantitative estimate of drug-likeness (QED) is 0.863. The van der Waals surface area contributed by atoms with Crippen molar-refractivity contribution in [2.24, 2.45) is 5.41 Å². The minimum absolute atomic E-state index is 0.0158. The maximum Gasteiger partial charge on any atom is 0.263 e. The Bertz CT molecular complexity index is 669. The van der Waals surface area contributed by atoms with Gasteiger partial charge in [-0.1, -0.05) is 0 Å². The highest BCUT2D eigenvalue weighted by molar-refractivity contribution is 7.89. The van der Waals surface area contributed by atoms with Crippen LogP contribution >= 0.6 is 0 Å². The summed E-state index contributed by atoms with van der Waals surface area (Å²) in [7, 11) is -3.91. The summed E-state index contributed by atoms with van der Waals surface area (Å²) in [5.41, 5.74) is -0.147. The average molecular weight is 313 g/mol. The number of carbonyl (C=O) groups is 1. The number of carbonyl (C=O) groups excluding carboxylic acids is 1. The van der Waals surface area contributed by atoms with E-state index >= 15 is 0 Å². The third-order valence-corrected chi connectivity index (χ3v) is 6.12. The van der Waals surface area contributed by atoms with E-state index in [4.69, 9.17) is 0 Å². The first-order valence-electron chi connectivity index (χ1n) is 6.80. The predicted octanol–water partition coefficient (Wildman–Crippen LogP) is 0.512. The zero-order valence-corrected chi connectivity index (χ0v) is 12.2. The molecule has 0 bridgehead atoms. The molecule has 2 saturated heterocycles. The second-order valence-corrected chi connectivity index (χ2v) is 7.50. The molecule has 6 nitrogen and oxygen atoms in total. The molecule has 1 spiro atoms. The molecular formula is C13H16FN3O3S. The second-order valence-electron chi connectivity index (χ2n) is 5.65. The Morgan fingerprint density at radius 1 is 1.33 bits per heavy atom. The summed E-state index contributed by atoms with van der Waals surface area (Å²) in [4.78, 5) is 15.0. The van der Waals surface area contributed by atoms with Crippen molar-refractivity contribution >= 4 is 15.9 Å². The van der Waals surface area contributed by atoms with E-state index in [0.717, 1.165) is 6.07 Å². The molecule has 1 aromatic rings. The number of amides is 1. The molecule has 3 rings (SSSR count). The van der Waals surface area contributed by atoms with Crippen LogP contribution in [0.4, 0.5) is 4.39 Å². The summed E-state index contributed by atoms with van der Waals surface area (Å²) >= 11 is 0. The van der Waals surface area contributed by atoms with Crippen LogP contribution in [0, 0.1) is 11.2 Å². The van der Waals surface area contributed by atoms with Crippen molar-refractivity contribution in [2.75, 3.05) is 19.6 Å². The summed E-state index contributed by atoms with van der Waals surface area (Å²) in [5, 5.41) is 2.27. The Morgan fingerprint density at radius 3 is 2.62 bits per heavy atom. The van der Waals surface area contributed by atoms with Crippen molar-refractivity contribution in [1.29, 1.82) is 0 Å². The van der Waals surface area contributed by atoms with Gasteiger partial charge in [0.2, 0.25) is 10.9 Å². The summed E-state index contributed by atoms with van der Waals surface area (Å²) in [6, 6.07) is 2.44. The van der Waals surface area contributed by atoms with E-state index in [1.54, 1.807) is 0 Å². The lowest BCUT2D eigenvalue weighted by molar-refractivity contribution is -0.119. The number of aromatic nitrogens is 1. The Kier molecular flexibility index (Phi) is 3.45. The first kappa shape index (κ1) is 14.4. The normalized spacial score (nSPS) is 22.4. The smallest absolute Gasteiger partial charge is 0.263 e. The number of hydrogen-bond donors (Lipinski definition) is 1. The lowest BCUT2D eigenvalue weighted by Crippen LogP contribution is -2.44. The third-order valence-electron chi connectivity index (χ3n) is 4.29.